The van der Waals surface area contributed by atoms with Crippen LogP contribution in [0.5, 0.6) is 0 Å². The molecule has 0 aromatic heterocycles. The average Bonchev–Trinajstić information content (AvgIpc) is 2.33. The van der Waals surface area contributed by atoms with Crippen molar-refractivity contribution >= 4 is 11.6 Å². The van der Waals surface area contributed by atoms with Crippen molar-refractivity contribution in [1.29, 1.82) is 0 Å². The van der Waals surface area contributed by atoms with Gasteiger partial charge in [0, 0.05) is 11.1 Å². The zero-order valence-corrected chi connectivity index (χ0v) is 11.0. The van der Waals surface area contributed by atoms with E-state index in [9.17, 15) is 8.78 Å². The Balaban J connectivity index is 2.03. The first-order valence-corrected chi connectivity index (χ1v) is 6.36. The second-order valence-electron chi connectivity index (χ2n) is 4.53. The summed E-state index contributed by atoms with van der Waals surface area (Å²) >= 11 is 5.95. The molecule has 2 rings (SSSR count). The van der Waals surface area contributed by atoms with E-state index >= 15 is 0 Å². The first-order chi connectivity index (χ1) is 9.04. The number of hydrogen-bond acceptors (Lipinski definition) is 1. The maximum Gasteiger partial charge on any atom is 0.124 e. The maximum absolute atomic E-state index is 13.0. The first-order valence-electron chi connectivity index (χ1n) is 5.98. The lowest BCUT2D eigenvalue weighted by Crippen LogP contribution is -2.25. The Kier molecular flexibility index (Phi) is 4.51. The second-order valence-corrected chi connectivity index (χ2v) is 4.94. The van der Waals surface area contributed by atoms with Gasteiger partial charge in [-0.25, -0.2) is 8.78 Å². The monoisotopic (exact) mass is 281 g/mol. The molecule has 0 aliphatic carbocycles. The molecular formula is C15H14ClF2N. The quantitative estimate of drug-likeness (QED) is 0.908. The van der Waals surface area contributed by atoms with Crippen LogP contribution in [-0.4, -0.2) is 6.04 Å². The number of halogens is 3. The largest absolute Gasteiger partial charge is 0.327 e. The molecule has 2 aromatic rings. The topological polar surface area (TPSA) is 26.0 Å². The van der Waals surface area contributed by atoms with Gasteiger partial charge in [0.1, 0.15) is 11.6 Å². The fourth-order valence-corrected chi connectivity index (χ4v) is 2.25. The third kappa shape index (κ3) is 4.01. The van der Waals surface area contributed by atoms with Crippen LogP contribution in [0.1, 0.15) is 11.1 Å². The summed E-state index contributed by atoms with van der Waals surface area (Å²) in [5.41, 5.74) is 7.66. The van der Waals surface area contributed by atoms with E-state index in [2.05, 4.69) is 0 Å². The normalized spacial score (nSPS) is 12.4. The minimum atomic E-state index is -0.368. The molecule has 19 heavy (non-hydrogen) atoms. The summed E-state index contributed by atoms with van der Waals surface area (Å²) in [6.45, 7) is 0. The fraction of sp³-hybridized carbons (Fsp3) is 0.200. The molecule has 0 heterocycles. The Bertz CT molecular complexity index is 572. The lowest BCUT2D eigenvalue weighted by Gasteiger charge is -2.13. The molecule has 1 unspecified atom stereocenters. The van der Waals surface area contributed by atoms with Gasteiger partial charge < -0.3 is 5.73 Å². The molecule has 0 aliphatic heterocycles. The highest BCUT2D eigenvalue weighted by atomic mass is 35.5. The van der Waals surface area contributed by atoms with E-state index in [1.807, 2.05) is 6.07 Å². The molecular weight excluding hydrogens is 268 g/mol. The molecule has 0 bridgehead atoms. The molecule has 0 saturated heterocycles. The summed E-state index contributed by atoms with van der Waals surface area (Å²) in [7, 11) is 0. The van der Waals surface area contributed by atoms with Gasteiger partial charge in [0.2, 0.25) is 0 Å². The fourth-order valence-electron chi connectivity index (χ4n) is 2.01. The van der Waals surface area contributed by atoms with E-state index in [-0.39, 0.29) is 17.7 Å². The Morgan fingerprint density at radius 2 is 1.74 bits per heavy atom. The van der Waals surface area contributed by atoms with Crippen molar-refractivity contribution < 1.29 is 8.78 Å². The SMILES string of the molecule is NC(Cc1cccc(F)c1)Cc1ccc(F)cc1Cl. The summed E-state index contributed by atoms with van der Waals surface area (Å²) in [4.78, 5) is 0. The molecule has 1 atom stereocenters. The second kappa shape index (κ2) is 6.13. The predicted octanol–water partition coefficient (Wildman–Crippen LogP) is 3.73. The molecule has 0 amide bonds. The van der Waals surface area contributed by atoms with Crippen molar-refractivity contribution in [3.63, 3.8) is 0 Å². The van der Waals surface area contributed by atoms with Gasteiger partial charge in [0.15, 0.2) is 0 Å². The van der Waals surface area contributed by atoms with E-state index in [1.165, 1.54) is 24.3 Å². The molecule has 1 nitrogen and oxygen atoms in total. The Morgan fingerprint density at radius 1 is 1.00 bits per heavy atom. The summed E-state index contributed by atoms with van der Waals surface area (Å²) in [5, 5.41) is 0.370. The number of rotatable bonds is 4. The molecule has 0 radical (unpaired) electrons. The van der Waals surface area contributed by atoms with Crippen LogP contribution < -0.4 is 5.73 Å². The third-order valence-electron chi connectivity index (χ3n) is 2.88. The zero-order valence-electron chi connectivity index (χ0n) is 10.2. The number of nitrogens with two attached hydrogens (primary N) is 1. The van der Waals surface area contributed by atoms with Crippen molar-refractivity contribution in [3.8, 4) is 0 Å². The highest BCUT2D eigenvalue weighted by molar-refractivity contribution is 6.31. The van der Waals surface area contributed by atoms with Crippen molar-refractivity contribution in [2.24, 2.45) is 5.73 Å². The van der Waals surface area contributed by atoms with Crippen molar-refractivity contribution in [3.05, 3.63) is 70.2 Å². The molecule has 2 N–H and O–H groups in total. The van der Waals surface area contributed by atoms with Crippen LogP contribution in [0.2, 0.25) is 5.02 Å². The first kappa shape index (κ1) is 14.0. The predicted molar refractivity (Wildman–Crippen MR) is 73.2 cm³/mol. The van der Waals surface area contributed by atoms with Gasteiger partial charge in [0.25, 0.3) is 0 Å². The van der Waals surface area contributed by atoms with Crippen LogP contribution in [0, 0.1) is 11.6 Å². The highest BCUT2D eigenvalue weighted by Crippen LogP contribution is 2.19. The smallest absolute Gasteiger partial charge is 0.124 e. The lowest BCUT2D eigenvalue weighted by atomic mass is 9.99. The molecule has 0 spiro atoms. The molecule has 0 fully saturated rings. The van der Waals surface area contributed by atoms with Gasteiger partial charge in [-0.15, -0.1) is 0 Å². The minimum absolute atomic E-state index is 0.190. The third-order valence-corrected chi connectivity index (χ3v) is 3.24. The van der Waals surface area contributed by atoms with Gasteiger partial charge >= 0.3 is 0 Å². The van der Waals surface area contributed by atoms with Crippen molar-refractivity contribution in [1.82, 2.24) is 0 Å². The Hall–Kier alpha value is -1.45. The van der Waals surface area contributed by atoms with Gasteiger partial charge in [-0.2, -0.15) is 0 Å². The molecule has 0 aliphatic rings. The van der Waals surface area contributed by atoms with Crippen LogP contribution in [0.4, 0.5) is 8.78 Å². The lowest BCUT2D eigenvalue weighted by molar-refractivity contribution is 0.615. The van der Waals surface area contributed by atoms with Crippen LogP contribution in [0.25, 0.3) is 0 Å². The summed E-state index contributed by atoms with van der Waals surface area (Å²) < 4.78 is 26.0. The van der Waals surface area contributed by atoms with Gasteiger partial charge in [-0.3, -0.25) is 0 Å². The standard InChI is InChI=1S/C15H14ClF2N/c16-15-9-13(18)5-4-11(15)8-14(19)7-10-2-1-3-12(17)6-10/h1-6,9,14H,7-8,19H2. The molecule has 0 saturated carbocycles. The van der Waals surface area contributed by atoms with Crippen LogP contribution >= 0.6 is 11.6 Å². The van der Waals surface area contributed by atoms with Gasteiger partial charge in [-0.1, -0.05) is 29.8 Å². The summed E-state index contributed by atoms with van der Waals surface area (Å²) in [5.74, 6) is -0.642. The van der Waals surface area contributed by atoms with Crippen LogP contribution in [0.15, 0.2) is 42.5 Å². The van der Waals surface area contributed by atoms with Crippen LogP contribution in [-0.2, 0) is 12.8 Å². The number of benzene rings is 2. The average molecular weight is 282 g/mol. The highest BCUT2D eigenvalue weighted by Gasteiger charge is 2.09. The van der Waals surface area contributed by atoms with E-state index in [1.54, 1.807) is 12.1 Å². The van der Waals surface area contributed by atoms with E-state index in [0.29, 0.717) is 17.9 Å². The van der Waals surface area contributed by atoms with E-state index in [4.69, 9.17) is 17.3 Å². The number of hydrogen-bond donors (Lipinski definition) is 1. The maximum atomic E-state index is 13.0. The van der Waals surface area contributed by atoms with Gasteiger partial charge in [-0.05, 0) is 48.2 Å². The zero-order chi connectivity index (χ0) is 13.8. The molecule has 4 heteroatoms. The van der Waals surface area contributed by atoms with Gasteiger partial charge in [0.05, 0.1) is 0 Å². The Morgan fingerprint density at radius 3 is 2.42 bits per heavy atom. The molecule has 2 aromatic carbocycles. The summed E-state index contributed by atoms with van der Waals surface area (Å²) in [6, 6.07) is 10.4. The minimum Gasteiger partial charge on any atom is -0.327 e. The molecule has 100 valence electrons. The summed E-state index contributed by atoms with van der Waals surface area (Å²) in [6.07, 6.45) is 1.07. The Labute approximate surface area is 116 Å². The van der Waals surface area contributed by atoms with E-state index in [0.717, 1.165) is 11.1 Å². The van der Waals surface area contributed by atoms with E-state index < -0.39 is 0 Å². The van der Waals surface area contributed by atoms with Crippen molar-refractivity contribution in [2.45, 2.75) is 18.9 Å². The van der Waals surface area contributed by atoms with Crippen molar-refractivity contribution in [2.75, 3.05) is 0 Å². The van der Waals surface area contributed by atoms with Crippen LogP contribution in [0.3, 0.4) is 0 Å².